The monoisotopic (exact) mass is 348 g/mol. The summed E-state index contributed by atoms with van der Waals surface area (Å²) >= 11 is 0. The van der Waals surface area contributed by atoms with Gasteiger partial charge in [0.25, 0.3) is 0 Å². The molecule has 0 saturated carbocycles. The zero-order valence-electron chi connectivity index (χ0n) is 15.3. The predicted octanol–water partition coefficient (Wildman–Crippen LogP) is 4.31. The minimum atomic E-state index is 0.248. The van der Waals surface area contributed by atoms with Crippen molar-refractivity contribution in [3.8, 4) is 22.6 Å². The van der Waals surface area contributed by atoms with Crippen molar-refractivity contribution in [1.29, 1.82) is 0 Å². The van der Waals surface area contributed by atoms with Crippen LogP contribution in [0.1, 0.15) is 38.4 Å². The summed E-state index contributed by atoms with van der Waals surface area (Å²) in [6.07, 6.45) is 6.23. The van der Waals surface area contributed by atoms with E-state index in [1.165, 1.54) is 0 Å². The molecule has 1 aliphatic heterocycles. The SMILES string of the molecule is CC(C)c1nccc(-c2c(-c3ccccc3)ncn2C[C@H]2CCCO2)n1. The van der Waals surface area contributed by atoms with E-state index in [2.05, 4.69) is 35.5 Å². The molecular weight excluding hydrogens is 324 g/mol. The molecule has 26 heavy (non-hydrogen) atoms. The van der Waals surface area contributed by atoms with Crippen LogP contribution in [0, 0.1) is 0 Å². The Bertz CT molecular complexity index is 867. The molecule has 0 unspecified atom stereocenters. The second kappa shape index (κ2) is 7.38. The first-order chi connectivity index (χ1) is 12.7. The fourth-order valence-corrected chi connectivity index (χ4v) is 3.39. The molecule has 5 heteroatoms. The van der Waals surface area contributed by atoms with E-state index in [0.717, 1.165) is 54.5 Å². The zero-order valence-corrected chi connectivity index (χ0v) is 15.3. The first-order valence-electron chi connectivity index (χ1n) is 9.28. The van der Waals surface area contributed by atoms with Crippen molar-refractivity contribution in [2.75, 3.05) is 6.61 Å². The molecule has 3 heterocycles. The molecular formula is C21H24N4O. The summed E-state index contributed by atoms with van der Waals surface area (Å²) in [6.45, 7) is 5.88. The summed E-state index contributed by atoms with van der Waals surface area (Å²) in [5.41, 5.74) is 4.00. The van der Waals surface area contributed by atoms with Crippen LogP contribution in [0.25, 0.3) is 22.6 Å². The van der Waals surface area contributed by atoms with Crippen LogP contribution in [0.5, 0.6) is 0 Å². The van der Waals surface area contributed by atoms with Crippen LogP contribution in [0.15, 0.2) is 48.9 Å². The Morgan fingerprint density at radius 3 is 2.73 bits per heavy atom. The van der Waals surface area contributed by atoms with Crippen molar-refractivity contribution >= 4 is 0 Å². The Balaban J connectivity index is 1.81. The van der Waals surface area contributed by atoms with Crippen molar-refractivity contribution in [2.24, 2.45) is 0 Å². The van der Waals surface area contributed by atoms with Gasteiger partial charge in [0.15, 0.2) is 0 Å². The first kappa shape index (κ1) is 16.9. The van der Waals surface area contributed by atoms with Crippen molar-refractivity contribution in [3.63, 3.8) is 0 Å². The summed E-state index contributed by atoms with van der Waals surface area (Å²) in [7, 11) is 0. The molecule has 1 atom stereocenters. The molecule has 2 aromatic heterocycles. The Morgan fingerprint density at radius 1 is 1.15 bits per heavy atom. The van der Waals surface area contributed by atoms with E-state index in [1.54, 1.807) is 0 Å². The maximum absolute atomic E-state index is 5.84. The van der Waals surface area contributed by atoms with Gasteiger partial charge in [-0.05, 0) is 18.9 Å². The van der Waals surface area contributed by atoms with Gasteiger partial charge in [0, 0.05) is 24.3 Å². The topological polar surface area (TPSA) is 52.8 Å². The van der Waals surface area contributed by atoms with Crippen LogP contribution in [0.4, 0.5) is 0 Å². The fourth-order valence-electron chi connectivity index (χ4n) is 3.39. The van der Waals surface area contributed by atoms with Gasteiger partial charge in [-0.3, -0.25) is 0 Å². The maximum Gasteiger partial charge on any atom is 0.131 e. The minimum absolute atomic E-state index is 0.248. The minimum Gasteiger partial charge on any atom is -0.376 e. The number of benzene rings is 1. The van der Waals surface area contributed by atoms with Crippen molar-refractivity contribution in [2.45, 2.75) is 45.3 Å². The van der Waals surface area contributed by atoms with Crippen LogP contribution >= 0.6 is 0 Å². The van der Waals surface area contributed by atoms with E-state index >= 15 is 0 Å². The van der Waals surface area contributed by atoms with E-state index in [0.29, 0.717) is 0 Å². The molecule has 134 valence electrons. The summed E-state index contributed by atoms with van der Waals surface area (Å²) in [5.74, 6) is 1.14. The lowest BCUT2D eigenvalue weighted by Crippen LogP contribution is -2.15. The number of nitrogens with zero attached hydrogens (tertiary/aromatic N) is 4. The van der Waals surface area contributed by atoms with Gasteiger partial charge in [-0.25, -0.2) is 15.0 Å². The lowest BCUT2D eigenvalue weighted by atomic mass is 10.1. The molecule has 5 nitrogen and oxygen atoms in total. The lowest BCUT2D eigenvalue weighted by Gasteiger charge is -2.15. The number of imidazole rings is 1. The Hall–Kier alpha value is -2.53. The van der Waals surface area contributed by atoms with Crippen LogP contribution in [-0.2, 0) is 11.3 Å². The largest absolute Gasteiger partial charge is 0.376 e. The Labute approximate surface area is 154 Å². The standard InChI is InChI=1S/C21H24N4O/c1-15(2)21-22-11-10-18(24-21)20-19(16-7-4-3-5-8-16)23-14-25(20)13-17-9-6-12-26-17/h3-5,7-8,10-11,14-15,17H,6,9,12-13H2,1-2H3/t17-/m1/s1. The van der Waals surface area contributed by atoms with Gasteiger partial charge >= 0.3 is 0 Å². The van der Waals surface area contributed by atoms with Gasteiger partial charge in [-0.15, -0.1) is 0 Å². The van der Waals surface area contributed by atoms with Gasteiger partial charge in [-0.1, -0.05) is 44.2 Å². The smallest absolute Gasteiger partial charge is 0.131 e. The fraction of sp³-hybridized carbons (Fsp3) is 0.381. The Kier molecular flexibility index (Phi) is 4.80. The molecule has 1 aromatic carbocycles. The van der Waals surface area contributed by atoms with Gasteiger partial charge in [0.2, 0.25) is 0 Å². The highest BCUT2D eigenvalue weighted by Gasteiger charge is 2.22. The number of ether oxygens (including phenoxy) is 1. The summed E-state index contributed by atoms with van der Waals surface area (Å²) < 4.78 is 8.03. The van der Waals surface area contributed by atoms with Crippen LogP contribution < -0.4 is 0 Å². The Morgan fingerprint density at radius 2 is 2.00 bits per heavy atom. The van der Waals surface area contributed by atoms with Crippen LogP contribution in [0.3, 0.4) is 0 Å². The zero-order chi connectivity index (χ0) is 17.9. The molecule has 3 aromatic rings. The first-order valence-corrected chi connectivity index (χ1v) is 9.28. The van der Waals surface area contributed by atoms with E-state index in [-0.39, 0.29) is 12.0 Å². The molecule has 1 aliphatic rings. The molecule has 0 radical (unpaired) electrons. The average Bonchev–Trinajstić information content (AvgIpc) is 3.33. The summed E-state index contributed by atoms with van der Waals surface area (Å²) in [4.78, 5) is 14.0. The number of aromatic nitrogens is 4. The highest BCUT2D eigenvalue weighted by Crippen LogP contribution is 2.31. The summed E-state index contributed by atoms with van der Waals surface area (Å²) in [6, 6.07) is 12.3. The number of rotatable bonds is 5. The third-order valence-corrected chi connectivity index (χ3v) is 4.74. The molecule has 0 aliphatic carbocycles. The van der Waals surface area contributed by atoms with Crippen molar-refractivity contribution in [3.05, 3.63) is 54.7 Å². The van der Waals surface area contributed by atoms with Gasteiger partial charge in [0.05, 0.1) is 36.1 Å². The molecule has 1 saturated heterocycles. The molecule has 0 amide bonds. The number of hydrogen-bond donors (Lipinski definition) is 0. The lowest BCUT2D eigenvalue weighted by molar-refractivity contribution is 0.0973. The van der Waals surface area contributed by atoms with Crippen molar-refractivity contribution in [1.82, 2.24) is 19.5 Å². The molecule has 0 bridgehead atoms. The van der Waals surface area contributed by atoms with E-state index in [9.17, 15) is 0 Å². The second-order valence-electron chi connectivity index (χ2n) is 7.05. The predicted molar refractivity (Wildman–Crippen MR) is 102 cm³/mol. The van der Waals surface area contributed by atoms with E-state index < -0.39 is 0 Å². The van der Waals surface area contributed by atoms with E-state index in [1.807, 2.05) is 36.8 Å². The van der Waals surface area contributed by atoms with Crippen molar-refractivity contribution < 1.29 is 4.74 Å². The normalized spacial score (nSPS) is 17.1. The van der Waals surface area contributed by atoms with Gasteiger partial charge in [-0.2, -0.15) is 0 Å². The molecule has 1 fully saturated rings. The van der Waals surface area contributed by atoms with Crippen LogP contribution in [0.2, 0.25) is 0 Å². The van der Waals surface area contributed by atoms with E-state index in [4.69, 9.17) is 14.7 Å². The molecule has 0 spiro atoms. The van der Waals surface area contributed by atoms with Crippen LogP contribution in [-0.4, -0.2) is 32.2 Å². The third kappa shape index (κ3) is 3.40. The number of hydrogen-bond acceptors (Lipinski definition) is 4. The maximum atomic E-state index is 5.84. The quantitative estimate of drug-likeness (QED) is 0.689. The average molecular weight is 348 g/mol. The van der Waals surface area contributed by atoms with Gasteiger partial charge < -0.3 is 9.30 Å². The molecule has 4 rings (SSSR count). The second-order valence-corrected chi connectivity index (χ2v) is 7.05. The highest BCUT2D eigenvalue weighted by molar-refractivity contribution is 5.76. The highest BCUT2D eigenvalue weighted by atomic mass is 16.5. The van der Waals surface area contributed by atoms with Gasteiger partial charge in [0.1, 0.15) is 5.82 Å². The third-order valence-electron chi connectivity index (χ3n) is 4.74. The molecule has 0 N–H and O–H groups in total. The summed E-state index contributed by atoms with van der Waals surface area (Å²) in [5, 5.41) is 0.